The molecule has 3 nitrogen and oxygen atoms in total. The number of aliphatic hydroxyl groups excluding tert-OH is 1. The fourth-order valence-corrected chi connectivity index (χ4v) is 4.24. The molecule has 3 aliphatic rings. The fraction of sp³-hybridized carbons (Fsp3) is 0.824. The summed E-state index contributed by atoms with van der Waals surface area (Å²) >= 11 is 0. The molecule has 0 amide bonds. The van der Waals surface area contributed by atoms with Crippen molar-refractivity contribution in [1.82, 2.24) is 0 Å². The van der Waals surface area contributed by atoms with Gasteiger partial charge in [0, 0.05) is 0 Å². The Morgan fingerprint density at radius 2 is 2.00 bits per heavy atom. The highest BCUT2D eigenvalue weighted by molar-refractivity contribution is 5.74. The molecule has 3 rings (SSSR count). The molecule has 1 N–H and O–H groups in total. The van der Waals surface area contributed by atoms with Crippen LogP contribution in [0.5, 0.6) is 0 Å². The van der Waals surface area contributed by atoms with Crippen molar-refractivity contribution < 1.29 is 14.6 Å². The number of carbonyl (C=O) groups is 1. The van der Waals surface area contributed by atoms with E-state index >= 15 is 0 Å². The quantitative estimate of drug-likeness (QED) is 0.635. The van der Waals surface area contributed by atoms with Crippen molar-refractivity contribution in [3.05, 3.63) is 12.2 Å². The standard InChI is InChI=1S/C17H26O3/c1-11(8-12-3-6-15(18)7-4-12)20-17(19)16-10-13-2-5-14(16)9-13/h2,5,11-16,18H,3-4,6-10H2,1H3. The molecular formula is C17H26O3. The van der Waals surface area contributed by atoms with E-state index in [0.717, 1.165) is 44.9 Å². The van der Waals surface area contributed by atoms with Gasteiger partial charge < -0.3 is 9.84 Å². The second-order valence-electron chi connectivity index (χ2n) is 7.04. The highest BCUT2D eigenvalue weighted by Gasteiger charge is 2.41. The maximum atomic E-state index is 12.2. The number of allylic oxidation sites excluding steroid dienone is 2. The summed E-state index contributed by atoms with van der Waals surface area (Å²) in [5, 5.41) is 9.52. The zero-order valence-electron chi connectivity index (χ0n) is 12.3. The van der Waals surface area contributed by atoms with Gasteiger partial charge in [-0.1, -0.05) is 12.2 Å². The van der Waals surface area contributed by atoms with E-state index in [1.54, 1.807) is 0 Å². The van der Waals surface area contributed by atoms with E-state index in [4.69, 9.17) is 4.74 Å². The predicted molar refractivity (Wildman–Crippen MR) is 77.0 cm³/mol. The van der Waals surface area contributed by atoms with Gasteiger partial charge in [0.1, 0.15) is 0 Å². The van der Waals surface area contributed by atoms with Crippen LogP contribution in [0.1, 0.15) is 51.9 Å². The summed E-state index contributed by atoms with van der Waals surface area (Å²) in [6.07, 6.45) is 11.4. The van der Waals surface area contributed by atoms with Gasteiger partial charge in [-0.2, -0.15) is 0 Å². The van der Waals surface area contributed by atoms with Crippen LogP contribution in [0.2, 0.25) is 0 Å². The highest BCUT2D eigenvalue weighted by Crippen LogP contribution is 2.44. The van der Waals surface area contributed by atoms with Crippen molar-refractivity contribution in [2.24, 2.45) is 23.7 Å². The van der Waals surface area contributed by atoms with E-state index in [1.807, 2.05) is 6.92 Å². The molecule has 3 heteroatoms. The minimum atomic E-state index is -0.107. The molecule has 2 saturated carbocycles. The van der Waals surface area contributed by atoms with Crippen LogP contribution in [-0.2, 0) is 9.53 Å². The molecule has 3 aliphatic carbocycles. The van der Waals surface area contributed by atoms with Crippen molar-refractivity contribution in [1.29, 1.82) is 0 Å². The van der Waals surface area contributed by atoms with Crippen molar-refractivity contribution in [2.75, 3.05) is 0 Å². The molecule has 0 aromatic carbocycles. The number of fused-ring (bicyclic) bond motifs is 2. The lowest BCUT2D eigenvalue weighted by atomic mass is 9.84. The van der Waals surface area contributed by atoms with Crippen LogP contribution in [0, 0.1) is 23.7 Å². The minimum Gasteiger partial charge on any atom is -0.462 e. The van der Waals surface area contributed by atoms with Gasteiger partial charge in [-0.15, -0.1) is 0 Å². The molecule has 0 aromatic rings. The topological polar surface area (TPSA) is 46.5 Å². The lowest BCUT2D eigenvalue weighted by Crippen LogP contribution is -2.28. The molecule has 4 unspecified atom stereocenters. The molecular weight excluding hydrogens is 252 g/mol. The third-order valence-electron chi connectivity index (χ3n) is 5.38. The van der Waals surface area contributed by atoms with Crippen LogP contribution in [0.15, 0.2) is 12.2 Å². The molecule has 2 fully saturated rings. The average molecular weight is 278 g/mol. The van der Waals surface area contributed by atoms with Crippen molar-refractivity contribution in [3.63, 3.8) is 0 Å². The van der Waals surface area contributed by atoms with E-state index in [-0.39, 0.29) is 24.1 Å². The van der Waals surface area contributed by atoms with Gasteiger partial charge in [-0.05, 0) is 69.6 Å². The molecule has 2 bridgehead atoms. The van der Waals surface area contributed by atoms with E-state index in [1.165, 1.54) is 0 Å². The predicted octanol–water partition coefficient (Wildman–Crippen LogP) is 3.07. The van der Waals surface area contributed by atoms with Crippen molar-refractivity contribution >= 4 is 5.97 Å². The molecule has 0 spiro atoms. The summed E-state index contributed by atoms with van der Waals surface area (Å²) in [4.78, 5) is 12.2. The van der Waals surface area contributed by atoms with E-state index in [9.17, 15) is 9.90 Å². The summed E-state index contributed by atoms with van der Waals surface area (Å²) < 4.78 is 5.68. The maximum Gasteiger partial charge on any atom is 0.309 e. The first kappa shape index (κ1) is 14.1. The van der Waals surface area contributed by atoms with Crippen molar-refractivity contribution in [2.45, 2.75) is 64.1 Å². The molecule has 0 heterocycles. The van der Waals surface area contributed by atoms with Crippen LogP contribution in [-0.4, -0.2) is 23.3 Å². The van der Waals surface area contributed by atoms with Gasteiger partial charge in [-0.25, -0.2) is 0 Å². The normalized spacial score (nSPS) is 40.8. The Balaban J connectivity index is 1.43. The number of rotatable bonds is 4. The zero-order chi connectivity index (χ0) is 14.1. The molecule has 112 valence electrons. The lowest BCUT2D eigenvalue weighted by molar-refractivity contribution is -0.155. The molecule has 4 atom stereocenters. The van der Waals surface area contributed by atoms with E-state index in [0.29, 0.717) is 17.8 Å². The van der Waals surface area contributed by atoms with Gasteiger partial charge >= 0.3 is 5.97 Å². The second kappa shape index (κ2) is 5.88. The minimum absolute atomic E-state index is 0.0187. The Morgan fingerprint density at radius 3 is 2.60 bits per heavy atom. The number of hydrogen-bond acceptors (Lipinski definition) is 3. The highest BCUT2D eigenvalue weighted by atomic mass is 16.5. The monoisotopic (exact) mass is 278 g/mol. The van der Waals surface area contributed by atoms with Crippen LogP contribution in [0.3, 0.4) is 0 Å². The van der Waals surface area contributed by atoms with Gasteiger partial charge in [0.05, 0.1) is 18.1 Å². The smallest absolute Gasteiger partial charge is 0.309 e. The number of hydrogen-bond donors (Lipinski definition) is 1. The Bertz CT molecular complexity index is 382. The maximum absolute atomic E-state index is 12.2. The van der Waals surface area contributed by atoms with E-state index in [2.05, 4.69) is 12.2 Å². The van der Waals surface area contributed by atoms with Gasteiger partial charge in [0.2, 0.25) is 0 Å². The van der Waals surface area contributed by atoms with Gasteiger partial charge in [-0.3, -0.25) is 4.79 Å². The van der Waals surface area contributed by atoms with Gasteiger partial charge in [0.25, 0.3) is 0 Å². The summed E-state index contributed by atoms with van der Waals surface area (Å²) in [5.74, 6) is 1.80. The molecule has 0 radical (unpaired) electrons. The van der Waals surface area contributed by atoms with Crippen molar-refractivity contribution in [3.8, 4) is 0 Å². The molecule has 20 heavy (non-hydrogen) atoms. The number of aliphatic hydroxyl groups is 1. The fourth-order valence-electron chi connectivity index (χ4n) is 4.24. The Kier molecular flexibility index (Phi) is 4.16. The summed E-state index contributed by atoms with van der Waals surface area (Å²) in [5.41, 5.74) is 0. The van der Waals surface area contributed by atoms with E-state index < -0.39 is 0 Å². The van der Waals surface area contributed by atoms with Crippen LogP contribution >= 0.6 is 0 Å². The van der Waals surface area contributed by atoms with Gasteiger partial charge in [0.15, 0.2) is 0 Å². The number of carbonyl (C=O) groups excluding carboxylic acids is 1. The number of ether oxygens (including phenoxy) is 1. The Labute approximate surface area is 121 Å². The third kappa shape index (κ3) is 3.08. The van der Waals surface area contributed by atoms with Crippen LogP contribution in [0.4, 0.5) is 0 Å². The zero-order valence-corrected chi connectivity index (χ0v) is 12.3. The first-order valence-corrected chi connectivity index (χ1v) is 8.18. The average Bonchev–Trinajstić information content (AvgIpc) is 3.03. The molecule has 0 saturated heterocycles. The second-order valence-corrected chi connectivity index (χ2v) is 7.04. The summed E-state index contributed by atoms with van der Waals surface area (Å²) in [6.45, 7) is 2.02. The Hall–Kier alpha value is -0.830. The summed E-state index contributed by atoms with van der Waals surface area (Å²) in [7, 11) is 0. The first-order valence-electron chi connectivity index (χ1n) is 8.18. The first-order chi connectivity index (χ1) is 9.61. The molecule has 0 aromatic heterocycles. The molecule has 0 aliphatic heterocycles. The Morgan fingerprint density at radius 1 is 1.25 bits per heavy atom. The third-order valence-corrected chi connectivity index (χ3v) is 5.38. The largest absolute Gasteiger partial charge is 0.462 e. The lowest BCUT2D eigenvalue weighted by Gasteiger charge is -2.28. The van der Waals surface area contributed by atoms with Crippen LogP contribution < -0.4 is 0 Å². The SMILES string of the molecule is CC(CC1CCC(O)CC1)OC(=O)C1CC2C=CC1C2. The number of esters is 1. The van der Waals surface area contributed by atoms with Crippen LogP contribution in [0.25, 0.3) is 0 Å². The summed E-state index contributed by atoms with van der Waals surface area (Å²) in [6, 6.07) is 0.